The topological polar surface area (TPSA) is 32.3 Å². The second-order valence-corrected chi connectivity index (χ2v) is 5.60. The summed E-state index contributed by atoms with van der Waals surface area (Å²) < 4.78 is 13.1. The first kappa shape index (κ1) is 14.7. The molecule has 1 aliphatic rings. The lowest BCUT2D eigenvalue weighted by atomic mass is 10.0. The number of benzene rings is 2. The van der Waals surface area contributed by atoms with Crippen molar-refractivity contribution in [3.05, 3.63) is 66.0 Å². The van der Waals surface area contributed by atoms with Crippen molar-refractivity contribution in [1.29, 1.82) is 0 Å². The highest BCUT2D eigenvalue weighted by Crippen LogP contribution is 2.31. The van der Waals surface area contributed by atoms with Crippen LogP contribution >= 0.6 is 0 Å². The minimum atomic E-state index is -0.346. The van der Waals surface area contributed by atoms with E-state index in [4.69, 9.17) is 0 Å². The second kappa shape index (κ2) is 6.71. The van der Waals surface area contributed by atoms with Crippen LogP contribution in [0.2, 0.25) is 0 Å². The Morgan fingerprint density at radius 3 is 2.77 bits per heavy atom. The molecular weight excluding hydrogens is 279 g/mol. The normalized spacial score (nSPS) is 18.3. The van der Waals surface area contributed by atoms with E-state index in [2.05, 4.69) is 22.3 Å². The minimum Gasteiger partial charge on any atom is -0.325 e. The van der Waals surface area contributed by atoms with E-state index in [1.807, 2.05) is 18.2 Å². The van der Waals surface area contributed by atoms with Crippen molar-refractivity contribution in [3.63, 3.8) is 0 Å². The van der Waals surface area contributed by atoms with E-state index in [0.717, 1.165) is 19.4 Å². The van der Waals surface area contributed by atoms with Gasteiger partial charge in [0.25, 0.3) is 0 Å². The summed E-state index contributed by atoms with van der Waals surface area (Å²) in [5, 5.41) is 2.76. The standard InChI is InChI=1S/C18H19FN2O/c19-15-8-4-9-16(12-15)20-18(22)13-21-11-5-10-17(21)14-6-2-1-3-7-14/h1-4,6-9,12,17H,5,10-11,13H2,(H,20,22)/t17-/m1/s1. The summed E-state index contributed by atoms with van der Waals surface area (Å²) >= 11 is 0. The molecule has 4 heteroatoms. The summed E-state index contributed by atoms with van der Waals surface area (Å²) in [6, 6.07) is 16.5. The predicted octanol–water partition coefficient (Wildman–Crippen LogP) is 3.60. The largest absolute Gasteiger partial charge is 0.325 e. The minimum absolute atomic E-state index is 0.103. The zero-order chi connectivity index (χ0) is 15.4. The fourth-order valence-electron chi connectivity index (χ4n) is 3.02. The zero-order valence-electron chi connectivity index (χ0n) is 12.3. The molecule has 0 unspecified atom stereocenters. The zero-order valence-corrected chi connectivity index (χ0v) is 12.3. The molecule has 1 N–H and O–H groups in total. The molecule has 2 aromatic rings. The van der Waals surface area contributed by atoms with E-state index in [0.29, 0.717) is 18.3 Å². The van der Waals surface area contributed by atoms with Crippen LogP contribution in [-0.4, -0.2) is 23.9 Å². The number of nitrogens with one attached hydrogen (secondary N) is 1. The number of likely N-dealkylation sites (tertiary alicyclic amines) is 1. The molecule has 0 radical (unpaired) electrons. The summed E-state index contributed by atoms with van der Waals surface area (Å²) in [6.45, 7) is 1.24. The van der Waals surface area contributed by atoms with Crippen LogP contribution in [0.4, 0.5) is 10.1 Å². The van der Waals surface area contributed by atoms with Crippen molar-refractivity contribution < 1.29 is 9.18 Å². The van der Waals surface area contributed by atoms with E-state index in [1.54, 1.807) is 12.1 Å². The third kappa shape index (κ3) is 3.52. The molecule has 0 saturated carbocycles. The van der Waals surface area contributed by atoms with Gasteiger partial charge in [-0.1, -0.05) is 36.4 Å². The summed E-state index contributed by atoms with van der Waals surface area (Å²) in [4.78, 5) is 14.4. The Morgan fingerprint density at radius 2 is 2.00 bits per heavy atom. The van der Waals surface area contributed by atoms with Gasteiger partial charge in [-0.25, -0.2) is 4.39 Å². The lowest BCUT2D eigenvalue weighted by Crippen LogP contribution is -2.32. The summed E-state index contributed by atoms with van der Waals surface area (Å²) in [5.41, 5.74) is 1.75. The van der Waals surface area contributed by atoms with Gasteiger partial charge in [-0.3, -0.25) is 9.69 Å². The predicted molar refractivity (Wildman–Crippen MR) is 85.0 cm³/mol. The molecule has 0 bridgehead atoms. The maximum atomic E-state index is 13.1. The summed E-state index contributed by atoms with van der Waals surface area (Å²) in [5.74, 6) is -0.449. The molecule has 1 fully saturated rings. The van der Waals surface area contributed by atoms with E-state index in [9.17, 15) is 9.18 Å². The smallest absolute Gasteiger partial charge is 0.238 e. The third-order valence-electron chi connectivity index (χ3n) is 4.00. The van der Waals surface area contributed by atoms with Crippen LogP contribution < -0.4 is 5.32 Å². The van der Waals surface area contributed by atoms with Gasteiger partial charge in [0.1, 0.15) is 5.82 Å². The highest BCUT2D eigenvalue weighted by atomic mass is 19.1. The molecule has 1 amide bonds. The molecule has 1 heterocycles. The van der Waals surface area contributed by atoms with E-state index in [1.165, 1.54) is 17.7 Å². The van der Waals surface area contributed by atoms with Gasteiger partial charge in [0, 0.05) is 11.7 Å². The van der Waals surface area contributed by atoms with Gasteiger partial charge in [0.2, 0.25) is 5.91 Å². The number of nitrogens with zero attached hydrogens (tertiary/aromatic N) is 1. The van der Waals surface area contributed by atoms with Gasteiger partial charge >= 0.3 is 0 Å². The van der Waals surface area contributed by atoms with Crippen LogP contribution in [0.15, 0.2) is 54.6 Å². The molecule has 114 valence electrons. The van der Waals surface area contributed by atoms with Gasteiger partial charge in [-0.05, 0) is 43.1 Å². The van der Waals surface area contributed by atoms with Crippen LogP contribution in [-0.2, 0) is 4.79 Å². The molecule has 0 aliphatic carbocycles. The Hall–Kier alpha value is -2.20. The highest BCUT2D eigenvalue weighted by molar-refractivity contribution is 5.92. The van der Waals surface area contributed by atoms with Crippen molar-refractivity contribution in [2.45, 2.75) is 18.9 Å². The monoisotopic (exact) mass is 298 g/mol. The molecule has 3 rings (SSSR count). The maximum absolute atomic E-state index is 13.1. The van der Waals surface area contributed by atoms with E-state index >= 15 is 0 Å². The summed E-state index contributed by atoms with van der Waals surface area (Å²) in [6.07, 6.45) is 2.16. The van der Waals surface area contributed by atoms with Gasteiger partial charge < -0.3 is 5.32 Å². The molecule has 2 aromatic carbocycles. The summed E-state index contributed by atoms with van der Waals surface area (Å²) in [7, 11) is 0. The van der Waals surface area contributed by atoms with Gasteiger partial charge in [-0.2, -0.15) is 0 Å². The maximum Gasteiger partial charge on any atom is 0.238 e. The first-order valence-corrected chi connectivity index (χ1v) is 7.57. The molecule has 22 heavy (non-hydrogen) atoms. The average molecular weight is 298 g/mol. The lowest BCUT2D eigenvalue weighted by Gasteiger charge is -2.24. The van der Waals surface area contributed by atoms with Gasteiger partial charge in [0.05, 0.1) is 6.54 Å². The SMILES string of the molecule is O=C(CN1CCC[C@@H]1c1ccccc1)Nc1cccc(F)c1. The van der Waals surface area contributed by atoms with E-state index < -0.39 is 0 Å². The molecule has 3 nitrogen and oxygen atoms in total. The quantitative estimate of drug-likeness (QED) is 0.935. The molecule has 0 spiro atoms. The third-order valence-corrected chi connectivity index (χ3v) is 4.00. The molecule has 1 aliphatic heterocycles. The molecular formula is C18H19FN2O. The van der Waals surface area contributed by atoms with Crippen molar-refractivity contribution in [3.8, 4) is 0 Å². The van der Waals surface area contributed by atoms with Crippen molar-refractivity contribution in [1.82, 2.24) is 4.90 Å². The fraction of sp³-hybridized carbons (Fsp3) is 0.278. The Labute approximate surface area is 129 Å². The Balaban J connectivity index is 1.63. The Morgan fingerprint density at radius 1 is 1.18 bits per heavy atom. The van der Waals surface area contributed by atoms with Crippen LogP contribution in [0.3, 0.4) is 0 Å². The number of hydrogen-bond donors (Lipinski definition) is 1. The van der Waals surface area contributed by atoms with Crippen molar-refractivity contribution >= 4 is 11.6 Å². The Bertz CT molecular complexity index is 645. The van der Waals surface area contributed by atoms with Crippen LogP contribution in [0.1, 0.15) is 24.4 Å². The van der Waals surface area contributed by atoms with Crippen LogP contribution in [0, 0.1) is 5.82 Å². The fourth-order valence-corrected chi connectivity index (χ4v) is 3.02. The van der Waals surface area contributed by atoms with Crippen molar-refractivity contribution in [2.24, 2.45) is 0 Å². The van der Waals surface area contributed by atoms with E-state index in [-0.39, 0.29) is 11.7 Å². The number of carbonyl (C=O) groups is 1. The van der Waals surface area contributed by atoms with Gasteiger partial charge in [0.15, 0.2) is 0 Å². The first-order chi connectivity index (χ1) is 10.7. The number of rotatable bonds is 4. The molecule has 1 atom stereocenters. The lowest BCUT2D eigenvalue weighted by molar-refractivity contribution is -0.117. The number of carbonyl (C=O) groups excluding carboxylic acids is 1. The van der Waals surface area contributed by atoms with Crippen molar-refractivity contribution in [2.75, 3.05) is 18.4 Å². The highest BCUT2D eigenvalue weighted by Gasteiger charge is 2.27. The average Bonchev–Trinajstić information content (AvgIpc) is 2.96. The number of amides is 1. The van der Waals surface area contributed by atoms with Crippen LogP contribution in [0.25, 0.3) is 0 Å². The van der Waals surface area contributed by atoms with Gasteiger partial charge in [-0.15, -0.1) is 0 Å². The number of halogens is 1. The number of anilines is 1. The Kier molecular flexibility index (Phi) is 4.49. The molecule has 1 saturated heterocycles. The molecule has 0 aromatic heterocycles. The first-order valence-electron chi connectivity index (χ1n) is 7.57. The second-order valence-electron chi connectivity index (χ2n) is 5.60. The van der Waals surface area contributed by atoms with Crippen LogP contribution in [0.5, 0.6) is 0 Å². The number of hydrogen-bond acceptors (Lipinski definition) is 2.